The van der Waals surface area contributed by atoms with E-state index in [2.05, 4.69) is 24.9 Å². The van der Waals surface area contributed by atoms with E-state index in [0.717, 1.165) is 31.4 Å². The predicted molar refractivity (Wildman–Crippen MR) is 129 cm³/mol. The Bertz CT molecular complexity index is 1080. The van der Waals surface area contributed by atoms with Crippen molar-refractivity contribution in [3.8, 4) is 0 Å². The third kappa shape index (κ3) is 5.99. The van der Waals surface area contributed by atoms with E-state index in [-0.39, 0.29) is 30.3 Å². The van der Waals surface area contributed by atoms with Gasteiger partial charge in [-0.2, -0.15) is 0 Å². The average Bonchev–Trinajstić information content (AvgIpc) is 3.43. The summed E-state index contributed by atoms with van der Waals surface area (Å²) in [5.74, 6) is 0.853. The molecule has 0 amide bonds. The van der Waals surface area contributed by atoms with E-state index in [4.69, 9.17) is 14.2 Å². The first kappa shape index (κ1) is 25.9. The molecule has 4 atom stereocenters. The van der Waals surface area contributed by atoms with Crippen LogP contribution in [0, 0.1) is 6.92 Å². The molecule has 2 aliphatic heterocycles. The molecule has 194 valence electrons. The third-order valence-corrected chi connectivity index (χ3v) is 8.15. The fraction of sp³-hybridized carbons (Fsp3) is 0.739. The van der Waals surface area contributed by atoms with Gasteiger partial charge in [-0.3, -0.25) is 19.3 Å². The first-order valence-electron chi connectivity index (χ1n) is 12.3. The Morgan fingerprint density at radius 2 is 1.83 bits per heavy atom. The van der Waals surface area contributed by atoms with Crippen molar-refractivity contribution in [2.24, 2.45) is 0 Å². The van der Waals surface area contributed by atoms with Crippen molar-refractivity contribution in [3.05, 3.63) is 29.6 Å². The largest absolute Gasteiger partial charge is 0.381 e. The third-order valence-electron chi connectivity index (χ3n) is 6.46. The van der Waals surface area contributed by atoms with Crippen molar-refractivity contribution in [1.82, 2.24) is 24.7 Å². The Morgan fingerprint density at radius 1 is 1.09 bits per heavy atom. The van der Waals surface area contributed by atoms with Gasteiger partial charge in [-0.25, -0.2) is 8.42 Å². The lowest BCUT2D eigenvalue weighted by Crippen LogP contribution is -2.35. The zero-order chi connectivity index (χ0) is 25.2. The molecule has 0 radical (unpaired) electrons. The van der Waals surface area contributed by atoms with E-state index in [1.165, 1.54) is 0 Å². The van der Waals surface area contributed by atoms with E-state index in [1.807, 2.05) is 32.3 Å². The van der Waals surface area contributed by atoms with E-state index >= 15 is 0 Å². The first-order chi connectivity index (χ1) is 16.7. The minimum Gasteiger partial charge on any atom is -0.381 e. The van der Waals surface area contributed by atoms with Gasteiger partial charge in [0.2, 0.25) is 16.0 Å². The van der Waals surface area contributed by atoms with Gasteiger partial charge in [-0.15, -0.1) is 10.2 Å². The minimum atomic E-state index is -3.94. The highest BCUT2D eigenvalue weighted by molar-refractivity contribution is 7.93. The zero-order valence-electron chi connectivity index (χ0n) is 21.0. The molecule has 4 heterocycles. The molecule has 2 saturated heterocycles. The van der Waals surface area contributed by atoms with Crippen LogP contribution in [0.1, 0.15) is 88.8 Å². The van der Waals surface area contributed by atoms with Crippen LogP contribution < -0.4 is 4.72 Å². The molecule has 2 fully saturated rings. The molecule has 11 nitrogen and oxygen atoms in total. The number of ether oxygens (including phenoxy) is 3. The van der Waals surface area contributed by atoms with E-state index in [9.17, 15) is 8.42 Å². The minimum absolute atomic E-state index is 0.0203. The van der Waals surface area contributed by atoms with Crippen molar-refractivity contribution in [3.63, 3.8) is 0 Å². The van der Waals surface area contributed by atoms with Crippen LogP contribution in [0.4, 0.5) is 5.95 Å². The summed E-state index contributed by atoms with van der Waals surface area (Å²) in [4.78, 5) is 8.66. The normalized spacial score (nSPS) is 23.5. The number of aryl methyl sites for hydroxylation is 1. The summed E-state index contributed by atoms with van der Waals surface area (Å²) < 4.78 is 49.4. The summed E-state index contributed by atoms with van der Waals surface area (Å²) in [7, 11) is -3.94. The lowest BCUT2D eigenvalue weighted by Gasteiger charge is -2.28. The Morgan fingerprint density at radius 3 is 2.43 bits per heavy atom. The molecule has 4 rings (SSSR count). The maximum atomic E-state index is 13.6. The number of hydrogen-bond acceptors (Lipinski definition) is 9. The summed E-state index contributed by atoms with van der Waals surface area (Å²) in [5, 5.41) is 7.68. The number of anilines is 1. The standard InChI is InChI=1S/C23H36N6O5S/c1-14(2)33-21(19-13-24-15(3)12-25-19)17(5)35(30,31)28-23-27-26-22(20-7-6-16(4)34-20)29(23)18-8-10-32-11-9-18/h12-14,16-18,20-21H,6-11H2,1-5H3,(H,27,28)/t16-,17-,20-,21?/m0/s1. The summed E-state index contributed by atoms with van der Waals surface area (Å²) in [6.45, 7) is 10.4. The van der Waals surface area contributed by atoms with Gasteiger partial charge in [0.05, 0.1) is 29.8 Å². The van der Waals surface area contributed by atoms with Crippen LogP contribution in [0.2, 0.25) is 0 Å². The second kappa shape index (κ2) is 10.9. The van der Waals surface area contributed by atoms with Gasteiger partial charge in [0.1, 0.15) is 17.5 Å². The smallest absolute Gasteiger partial charge is 0.240 e. The molecule has 2 aromatic rings. The summed E-state index contributed by atoms with van der Waals surface area (Å²) in [6.07, 6.45) is 5.31. The van der Waals surface area contributed by atoms with Gasteiger partial charge in [-0.05, 0) is 60.3 Å². The fourth-order valence-electron chi connectivity index (χ4n) is 4.53. The summed E-state index contributed by atoms with van der Waals surface area (Å²) >= 11 is 0. The molecule has 1 N–H and O–H groups in total. The summed E-state index contributed by atoms with van der Waals surface area (Å²) in [6, 6.07) is 0.0203. The van der Waals surface area contributed by atoms with Crippen LogP contribution in [0.3, 0.4) is 0 Å². The molecule has 12 heteroatoms. The van der Waals surface area contributed by atoms with Gasteiger partial charge in [-0.1, -0.05) is 0 Å². The number of nitrogens with zero attached hydrogens (tertiary/aromatic N) is 5. The van der Waals surface area contributed by atoms with Crippen LogP contribution in [-0.2, 0) is 24.2 Å². The number of sulfonamides is 1. The molecule has 2 aliphatic rings. The van der Waals surface area contributed by atoms with Crippen LogP contribution in [0.15, 0.2) is 12.4 Å². The Labute approximate surface area is 207 Å². The summed E-state index contributed by atoms with van der Waals surface area (Å²) in [5.41, 5.74) is 1.20. The maximum absolute atomic E-state index is 13.6. The highest BCUT2D eigenvalue weighted by Gasteiger charge is 2.37. The van der Waals surface area contributed by atoms with E-state index in [0.29, 0.717) is 24.7 Å². The Balaban J connectivity index is 1.64. The molecular formula is C23H36N6O5S. The van der Waals surface area contributed by atoms with Gasteiger partial charge < -0.3 is 14.2 Å². The van der Waals surface area contributed by atoms with Gasteiger partial charge >= 0.3 is 0 Å². The molecule has 0 bridgehead atoms. The Kier molecular flexibility index (Phi) is 8.04. The second-order valence-corrected chi connectivity index (χ2v) is 11.7. The van der Waals surface area contributed by atoms with Crippen LogP contribution in [-0.4, -0.2) is 63.8 Å². The highest BCUT2D eigenvalue weighted by Crippen LogP contribution is 2.37. The molecular weight excluding hydrogens is 472 g/mol. The van der Waals surface area contributed by atoms with Gasteiger partial charge in [0.15, 0.2) is 5.82 Å². The maximum Gasteiger partial charge on any atom is 0.240 e. The van der Waals surface area contributed by atoms with Crippen molar-refractivity contribution in [2.75, 3.05) is 17.9 Å². The predicted octanol–water partition coefficient (Wildman–Crippen LogP) is 3.26. The quantitative estimate of drug-likeness (QED) is 0.542. The van der Waals surface area contributed by atoms with Crippen LogP contribution in [0.25, 0.3) is 0 Å². The lowest BCUT2D eigenvalue weighted by atomic mass is 10.1. The van der Waals surface area contributed by atoms with E-state index in [1.54, 1.807) is 19.3 Å². The molecule has 0 aliphatic carbocycles. The van der Waals surface area contributed by atoms with Crippen LogP contribution in [0.5, 0.6) is 0 Å². The van der Waals surface area contributed by atoms with Gasteiger partial charge in [0.25, 0.3) is 0 Å². The van der Waals surface area contributed by atoms with Crippen LogP contribution >= 0.6 is 0 Å². The SMILES string of the molecule is Cc1cnc(C(OC(C)C)[C@H](C)S(=O)(=O)Nc2nnc([C@@H]3CC[C@H](C)O3)n2C2CCOCC2)cn1. The molecule has 1 unspecified atom stereocenters. The first-order valence-corrected chi connectivity index (χ1v) is 13.8. The molecule has 35 heavy (non-hydrogen) atoms. The molecule has 0 aromatic carbocycles. The van der Waals surface area contributed by atoms with Crippen molar-refractivity contribution in [2.45, 2.75) is 96.0 Å². The molecule has 0 saturated carbocycles. The monoisotopic (exact) mass is 508 g/mol. The second-order valence-electron chi connectivity index (χ2n) is 9.65. The van der Waals surface area contributed by atoms with Crippen molar-refractivity contribution in [1.29, 1.82) is 0 Å². The average molecular weight is 509 g/mol. The molecule has 2 aromatic heterocycles. The topological polar surface area (TPSA) is 130 Å². The number of aromatic nitrogens is 5. The number of hydrogen-bond donors (Lipinski definition) is 1. The van der Waals surface area contributed by atoms with Crippen molar-refractivity contribution < 1.29 is 22.6 Å². The lowest BCUT2D eigenvalue weighted by molar-refractivity contribution is 0.00394. The number of nitrogens with one attached hydrogen (secondary N) is 1. The fourth-order valence-corrected chi connectivity index (χ4v) is 5.64. The van der Waals surface area contributed by atoms with E-state index < -0.39 is 21.4 Å². The van der Waals surface area contributed by atoms with Crippen molar-refractivity contribution >= 4 is 16.0 Å². The zero-order valence-corrected chi connectivity index (χ0v) is 21.9. The Hall–Kier alpha value is -2.15. The molecule has 0 spiro atoms. The number of rotatable bonds is 9. The van der Waals surface area contributed by atoms with Gasteiger partial charge in [0, 0.05) is 25.5 Å². The highest BCUT2D eigenvalue weighted by atomic mass is 32.2.